The van der Waals surface area contributed by atoms with E-state index in [1.54, 1.807) is 0 Å². The van der Waals surface area contributed by atoms with Gasteiger partial charge in [0.1, 0.15) is 11.6 Å². The zero-order valence-electron chi connectivity index (χ0n) is 11.4. The third kappa shape index (κ3) is 4.98. The van der Waals surface area contributed by atoms with Gasteiger partial charge in [0.05, 0.1) is 11.0 Å². The number of carbonyl (C=O) groups excluding carboxylic acids is 1. The number of aliphatic carboxylic acids is 1. The molecule has 3 N–H and O–H groups in total. The van der Waals surface area contributed by atoms with E-state index < -0.39 is 35.9 Å². The summed E-state index contributed by atoms with van der Waals surface area (Å²) in [4.78, 5) is 22.5. The fourth-order valence-corrected chi connectivity index (χ4v) is 1.74. The number of hydrogen-bond acceptors (Lipinski definition) is 4. The Bertz CT molecular complexity index is 549. The highest BCUT2D eigenvalue weighted by molar-refractivity contribution is 9.10. The van der Waals surface area contributed by atoms with Crippen LogP contribution in [0.3, 0.4) is 0 Å². The topological polar surface area (TPSA) is 95.9 Å². The molecule has 1 aromatic carbocycles. The number of halogens is 2. The van der Waals surface area contributed by atoms with Gasteiger partial charge in [0.25, 0.3) is 5.91 Å². The van der Waals surface area contributed by atoms with E-state index in [-0.39, 0.29) is 5.75 Å². The summed E-state index contributed by atoms with van der Waals surface area (Å²) < 4.78 is 18.6. The lowest BCUT2D eigenvalue weighted by Crippen LogP contribution is -2.49. The van der Waals surface area contributed by atoms with E-state index in [9.17, 15) is 19.1 Å². The quantitative estimate of drug-likeness (QED) is 0.708. The molecule has 0 aliphatic carbocycles. The molecule has 2 unspecified atom stereocenters. The minimum absolute atomic E-state index is 0.268. The van der Waals surface area contributed by atoms with Crippen molar-refractivity contribution in [2.75, 3.05) is 6.54 Å². The van der Waals surface area contributed by atoms with Crippen molar-refractivity contribution < 1.29 is 28.9 Å². The van der Waals surface area contributed by atoms with Crippen LogP contribution in [0.1, 0.15) is 13.8 Å². The van der Waals surface area contributed by atoms with Gasteiger partial charge in [-0.2, -0.15) is 0 Å². The van der Waals surface area contributed by atoms with Crippen LogP contribution in [-0.4, -0.2) is 40.3 Å². The average molecular weight is 364 g/mol. The minimum atomic E-state index is -2.06. The van der Waals surface area contributed by atoms with E-state index in [0.717, 1.165) is 6.92 Å². The van der Waals surface area contributed by atoms with Gasteiger partial charge in [-0.3, -0.25) is 4.79 Å². The van der Waals surface area contributed by atoms with E-state index in [1.165, 1.54) is 25.1 Å². The molecule has 116 valence electrons. The zero-order valence-corrected chi connectivity index (χ0v) is 13.0. The van der Waals surface area contributed by atoms with E-state index in [1.807, 2.05) is 0 Å². The number of hydrogen-bond donors (Lipinski definition) is 3. The average Bonchev–Trinajstić information content (AvgIpc) is 2.39. The van der Waals surface area contributed by atoms with Crippen molar-refractivity contribution in [3.8, 4) is 5.75 Å². The first-order chi connectivity index (χ1) is 9.63. The van der Waals surface area contributed by atoms with Crippen LogP contribution in [-0.2, 0) is 9.59 Å². The van der Waals surface area contributed by atoms with Crippen LogP contribution in [0.15, 0.2) is 22.7 Å². The molecule has 0 saturated carbocycles. The summed E-state index contributed by atoms with van der Waals surface area (Å²) >= 11 is 3.10. The Morgan fingerprint density at radius 1 is 1.52 bits per heavy atom. The lowest BCUT2D eigenvalue weighted by atomic mass is 10.1. The van der Waals surface area contributed by atoms with Gasteiger partial charge in [0.15, 0.2) is 11.7 Å². The van der Waals surface area contributed by atoms with E-state index in [0.29, 0.717) is 4.47 Å². The van der Waals surface area contributed by atoms with E-state index in [4.69, 9.17) is 9.84 Å². The normalized spacial score (nSPS) is 14.9. The second kappa shape index (κ2) is 6.86. The minimum Gasteiger partial charge on any atom is -0.480 e. The molecular formula is C13H15BrFNO5. The summed E-state index contributed by atoms with van der Waals surface area (Å²) in [6, 6.07) is 3.73. The Kier molecular flexibility index (Phi) is 5.68. The summed E-state index contributed by atoms with van der Waals surface area (Å²) in [7, 11) is 0. The maximum Gasteiger partial charge on any atom is 0.337 e. The molecule has 0 saturated heterocycles. The van der Waals surface area contributed by atoms with Gasteiger partial charge in [-0.15, -0.1) is 0 Å². The molecule has 0 bridgehead atoms. The maximum atomic E-state index is 12.9. The summed E-state index contributed by atoms with van der Waals surface area (Å²) in [6.07, 6.45) is -0.948. The predicted molar refractivity (Wildman–Crippen MR) is 75.5 cm³/mol. The molecule has 0 heterocycles. The van der Waals surface area contributed by atoms with Crippen molar-refractivity contribution in [3.63, 3.8) is 0 Å². The van der Waals surface area contributed by atoms with Crippen LogP contribution < -0.4 is 10.1 Å². The molecule has 0 aliphatic heterocycles. The number of carbonyl (C=O) groups is 2. The summed E-state index contributed by atoms with van der Waals surface area (Å²) in [5.74, 6) is -2.24. The number of nitrogens with one attached hydrogen (secondary N) is 1. The van der Waals surface area contributed by atoms with Crippen LogP contribution in [0.5, 0.6) is 5.75 Å². The third-order valence-corrected chi connectivity index (χ3v) is 3.25. The largest absolute Gasteiger partial charge is 0.480 e. The fourth-order valence-electron chi connectivity index (χ4n) is 1.29. The molecule has 0 aromatic heterocycles. The first-order valence-corrected chi connectivity index (χ1v) is 6.78. The fraction of sp³-hybridized carbons (Fsp3) is 0.385. The Morgan fingerprint density at radius 2 is 2.14 bits per heavy atom. The van der Waals surface area contributed by atoms with E-state index >= 15 is 0 Å². The van der Waals surface area contributed by atoms with Gasteiger partial charge in [-0.05, 0) is 48.0 Å². The van der Waals surface area contributed by atoms with Crippen LogP contribution in [0.25, 0.3) is 0 Å². The zero-order chi connectivity index (χ0) is 16.2. The molecule has 6 nitrogen and oxygen atoms in total. The number of ether oxygens (including phenoxy) is 1. The van der Waals surface area contributed by atoms with Crippen LogP contribution >= 0.6 is 15.9 Å². The highest BCUT2D eigenvalue weighted by atomic mass is 79.9. The van der Waals surface area contributed by atoms with Crippen molar-refractivity contribution in [3.05, 3.63) is 28.5 Å². The van der Waals surface area contributed by atoms with Crippen LogP contribution in [0.4, 0.5) is 4.39 Å². The Morgan fingerprint density at radius 3 is 2.67 bits per heavy atom. The second-order valence-electron chi connectivity index (χ2n) is 4.63. The van der Waals surface area contributed by atoms with Crippen molar-refractivity contribution >= 4 is 27.8 Å². The van der Waals surface area contributed by atoms with Crippen molar-refractivity contribution in [1.82, 2.24) is 5.32 Å². The predicted octanol–water partition coefficient (Wildman–Crippen LogP) is 1.31. The molecule has 1 amide bonds. The SMILES string of the molecule is CC(Oc1ccc(F)cc1Br)C(=O)NCC(C)(O)C(=O)O. The number of benzene rings is 1. The first kappa shape index (κ1) is 17.4. The van der Waals surface area contributed by atoms with Gasteiger partial charge in [0, 0.05) is 0 Å². The molecule has 0 spiro atoms. The molecule has 8 heteroatoms. The van der Waals surface area contributed by atoms with Crippen LogP contribution in [0.2, 0.25) is 0 Å². The van der Waals surface area contributed by atoms with Crippen molar-refractivity contribution in [1.29, 1.82) is 0 Å². The molecule has 0 radical (unpaired) electrons. The lowest BCUT2D eigenvalue weighted by Gasteiger charge is -2.20. The number of rotatable bonds is 6. The van der Waals surface area contributed by atoms with Gasteiger partial charge >= 0.3 is 5.97 Å². The first-order valence-electron chi connectivity index (χ1n) is 5.98. The molecule has 21 heavy (non-hydrogen) atoms. The number of carboxylic acids is 1. The molecule has 0 fully saturated rings. The smallest absolute Gasteiger partial charge is 0.337 e. The third-order valence-electron chi connectivity index (χ3n) is 2.63. The molecular weight excluding hydrogens is 349 g/mol. The summed E-state index contributed by atoms with van der Waals surface area (Å²) in [5, 5.41) is 20.5. The monoisotopic (exact) mass is 363 g/mol. The highest BCUT2D eigenvalue weighted by Gasteiger charge is 2.31. The number of aliphatic hydroxyl groups is 1. The van der Waals surface area contributed by atoms with Crippen LogP contribution in [0, 0.1) is 5.82 Å². The molecule has 1 rings (SSSR count). The van der Waals surface area contributed by atoms with E-state index in [2.05, 4.69) is 21.2 Å². The maximum absolute atomic E-state index is 12.9. The Balaban J connectivity index is 2.61. The lowest BCUT2D eigenvalue weighted by molar-refractivity contribution is -0.156. The summed E-state index contributed by atoms with van der Waals surface area (Å²) in [6.45, 7) is 2.05. The molecule has 0 aliphatic rings. The van der Waals surface area contributed by atoms with Crippen molar-refractivity contribution in [2.24, 2.45) is 0 Å². The van der Waals surface area contributed by atoms with Gasteiger partial charge in [-0.1, -0.05) is 0 Å². The summed E-state index contributed by atoms with van der Waals surface area (Å²) in [5.41, 5.74) is -2.06. The highest BCUT2D eigenvalue weighted by Crippen LogP contribution is 2.26. The molecule has 1 aromatic rings. The Hall–Kier alpha value is -1.67. The number of carboxylic acid groups (broad SMARTS) is 1. The number of amides is 1. The van der Waals surface area contributed by atoms with Gasteiger partial charge in [-0.25, -0.2) is 9.18 Å². The molecule has 2 atom stereocenters. The van der Waals surface area contributed by atoms with Gasteiger partial charge < -0.3 is 20.3 Å². The second-order valence-corrected chi connectivity index (χ2v) is 5.49. The standard InChI is InChI=1S/C13H15BrFNO5/c1-7(11(17)16-6-13(2,20)12(18)19)21-10-4-3-8(15)5-9(10)14/h3-5,7,20H,6H2,1-2H3,(H,16,17)(H,18,19). The Labute approximate surface area is 129 Å². The van der Waals surface area contributed by atoms with Gasteiger partial charge in [0.2, 0.25) is 0 Å². The van der Waals surface area contributed by atoms with Crippen molar-refractivity contribution in [2.45, 2.75) is 25.6 Å².